The Bertz CT molecular complexity index is 3820. The maximum Gasteiger partial charge on any atom is 0.173 e. The van der Waals surface area contributed by atoms with E-state index in [9.17, 15) is 35.4 Å². The first kappa shape index (κ1) is 62.4. The molecule has 15 atom stereocenters. The average Bonchev–Trinajstić information content (AvgIpc) is 1.25. The number of hydrogen-bond acceptors (Lipinski definition) is 12. The van der Waals surface area contributed by atoms with E-state index in [1.165, 1.54) is 7.11 Å². The van der Waals surface area contributed by atoms with Crippen LogP contribution in [0.25, 0.3) is 10.8 Å². The molecule has 2 fully saturated rings. The van der Waals surface area contributed by atoms with Crippen molar-refractivity contribution in [1.82, 2.24) is 15.6 Å². The molecular formula is C77H88N4O9. The quantitative estimate of drug-likeness (QED) is 0.0576. The van der Waals surface area contributed by atoms with E-state index in [1.54, 1.807) is 18.2 Å². The van der Waals surface area contributed by atoms with E-state index >= 15 is 4.79 Å². The maximum absolute atomic E-state index is 15.6. The lowest BCUT2D eigenvalue weighted by Crippen LogP contribution is -2.40. The monoisotopic (exact) mass is 1210 g/mol. The molecule has 0 saturated heterocycles. The molecule has 13 heteroatoms. The minimum absolute atomic E-state index is 0.0404. The number of aryl methyl sites for hydroxylation is 1. The first-order valence-corrected chi connectivity index (χ1v) is 33.0. The van der Waals surface area contributed by atoms with Crippen molar-refractivity contribution in [3.8, 4) is 46.7 Å². The first-order chi connectivity index (χ1) is 43.6. The average molecular weight is 1210 g/mol. The Morgan fingerprint density at radius 3 is 2.39 bits per heavy atom. The van der Waals surface area contributed by atoms with Crippen molar-refractivity contribution in [3.63, 3.8) is 0 Å². The second kappa shape index (κ2) is 27.4. The number of H-pyrrole nitrogens is 1. The van der Waals surface area contributed by atoms with Crippen LogP contribution in [0.4, 0.5) is 5.69 Å². The number of phenolic OH excluding ortho intramolecular Hbond substituents is 3. The van der Waals surface area contributed by atoms with Gasteiger partial charge in [0.1, 0.15) is 17.3 Å². The van der Waals surface area contributed by atoms with Crippen molar-refractivity contribution < 1.29 is 45.0 Å². The highest BCUT2D eigenvalue weighted by molar-refractivity contribution is 6.06. The number of nitrogens with one attached hydrogen (secondary N) is 4. The number of aromatic nitrogens is 1. The number of dihydropyridines is 1. The SMILES string of the molecule is CCC[C@@H]1[C@H]2C[C@@H]3C[C@@H]4C#C[C@H](c5cc(O)c(OC)cc5CCC(=O)[C@@H](O)C(=O)[C@@H]4C2)c2ccccc2[C@@H]2C[C@H](C)[C@@H](Cc4cccc(O)c4)[C@@H](C#CC[C@H]3C3=CCNC(=C3)Nc3ccc4ccc(c(O)c4c3)C[C@@H](O)CNC[C@@H](C)c3c[nH]c(c3)C[C@H]1O)C2. The van der Waals surface area contributed by atoms with E-state index in [-0.39, 0.29) is 95.5 Å². The van der Waals surface area contributed by atoms with Gasteiger partial charge in [0.25, 0.3) is 0 Å². The minimum Gasteiger partial charge on any atom is -0.508 e. The van der Waals surface area contributed by atoms with Gasteiger partial charge in [0.05, 0.1) is 25.2 Å². The Morgan fingerprint density at radius 2 is 1.57 bits per heavy atom. The summed E-state index contributed by atoms with van der Waals surface area (Å²) in [5.41, 5.74) is 9.11. The molecule has 90 heavy (non-hydrogen) atoms. The molecule has 470 valence electrons. The molecule has 13 bridgehead atoms. The number of aromatic amines is 1. The fourth-order valence-corrected chi connectivity index (χ4v) is 16.4. The van der Waals surface area contributed by atoms with Crippen LogP contribution in [-0.2, 0) is 35.3 Å². The summed E-state index contributed by atoms with van der Waals surface area (Å²) in [5, 5.41) is 83.0. The standard InChI is InChI=1S/C77H88N4O9/c1-5-10-63-55-32-54-31-49-20-23-65(67-40-72(86)73(90-4)36-50(67)21-24-70(84)77(89)76(88)68(49)35-55)64-15-7-6-14-62(64)53-27-44(2)66(29-46-11-8-13-59(82)28-46)48(30-53)12-9-16-61(54)51-25-26-79-74(37-51)81-57-22-19-47-17-18-52(75(87)69(47)38-57)34-60(83)43-78-41-45(3)56-33-58(80-42-56)39-71(63)85/h6-8,11,13-15,17-19,22,25,28,33,36-38,40,42,44-45,48-49,53-55,60-61,63,65-66,68,71,77-83,85-87,89H,5,10,16,21,24,26-27,29-32,34-35,39,41,43H2,1-4H3/t44-,45+,48-,49-,53+,54-,55-,60+,61-,63+,65-,66+,68+,71+,77+/m0/s1. The number of benzene rings is 5. The van der Waals surface area contributed by atoms with Gasteiger partial charge in [-0.1, -0.05) is 106 Å². The number of aromatic hydroxyl groups is 3. The lowest BCUT2D eigenvalue weighted by molar-refractivity contribution is -0.142. The summed E-state index contributed by atoms with van der Waals surface area (Å²) in [6.07, 6.45) is 9.28. The number of aliphatic hydroxyl groups excluding tert-OH is 3. The Hall–Kier alpha value is -7.78. The van der Waals surface area contributed by atoms with Crippen LogP contribution in [0.15, 0.2) is 127 Å². The zero-order chi connectivity index (χ0) is 62.7. The normalized spacial score (nSPS) is 29.8. The van der Waals surface area contributed by atoms with Crippen LogP contribution >= 0.6 is 0 Å². The Balaban J connectivity index is 1.06. The molecular weight excluding hydrogens is 1120 g/mol. The summed E-state index contributed by atoms with van der Waals surface area (Å²) >= 11 is 0. The second-order valence-corrected chi connectivity index (χ2v) is 27.1. The third kappa shape index (κ3) is 13.5. The van der Waals surface area contributed by atoms with E-state index in [2.05, 4.69) is 108 Å². The molecule has 2 aliphatic heterocycles. The predicted octanol–water partition coefficient (Wildman–Crippen LogP) is 11.6. The fraction of sp³-hybridized carbons (Fsp3) is 0.455. The van der Waals surface area contributed by atoms with Crippen LogP contribution in [0.3, 0.4) is 0 Å². The lowest BCUT2D eigenvalue weighted by Gasteiger charge is -2.40. The molecule has 10 N–H and O–H groups in total. The van der Waals surface area contributed by atoms with Gasteiger partial charge in [0.15, 0.2) is 29.2 Å². The van der Waals surface area contributed by atoms with E-state index in [0.29, 0.717) is 69.1 Å². The summed E-state index contributed by atoms with van der Waals surface area (Å²) in [4.78, 5) is 33.7. The molecule has 5 aromatic carbocycles. The number of ketones is 2. The summed E-state index contributed by atoms with van der Waals surface area (Å²) in [6, 6.07) is 31.5. The maximum atomic E-state index is 15.6. The number of fused-ring (bicyclic) bond motifs is 15. The molecule has 6 aromatic rings. The van der Waals surface area contributed by atoms with Crippen LogP contribution in [-0.4, -0.2) is 92.2 Å². The molecule has 0 spiro atoms. The van der Waals surface area contributed by atoms with Crippen molar-refractivity contribution in [2.45, 2.75) is 140 Å². The molecule has 6 aliphatic rings. The van der Waals surface area contributed by atoms with Crippen LogP contribution in [0.5, 0.6) is 23.0 Å². The summed E-state index contributed by atoms with van der Waals surface area (Å²) in [5.74, 6) is 13.3. The summed E-state index contributed by atoms with van der Waals surface area (Å²) in [6.45, 7) is 8.02. The molecule has 2 saturated carbocycles. The lowest BCUT2D eigenvalue weighted by atomic mass is 9.64. The second-order valence-electron chi connectivity index (χ2n) is 27.1. The predicted molar refractivity (Wildman–Crippen MR) is 352 cm³/mol. The fourth-order valence-electron chi connectivity index (χ4n) is 16.4. The summed E-state index contributed by atoms with van der Waals surface area (Å²) < 4.78 is 5.71. The molecule has 0 unspecified atom stereocenters. The van der Waals surface area contributed by atoms with Gasteiger partial charge in [0.2, 0.25) is 0 Å². The van der Waals surface area contributed by atoms with E-state index in [1.807, 2.05) is 54.7 Å². The van der Waals surface area contributed by atoms with Gasteiger partial charge in [-0.3, -0.25) is 9.59 Å². The van der Waals surface area contributed by atoms with Gasteiger partial charge in [-0.15, -0.1) is 5.92 Å². The van der Waals surface area contributed by atoms with Crippen LogP contribution < -0.4 is 20.7 Å². The number of β-amino-alcohol motifs (C(OH)–C–C–N with tert-alkyl or cyclic N) is 1. The highest BCUT2D eigenvalue weighted by Gasteiger charge is 2.46. The molecule has 12 rings (SSSR count). The highest BCUT2D eigenvalue weighted by Crippen LogP contribution is 2.51. The van der Waals surface area contributed by atoms with Gasteiger partial charge in [-0.25, -0.2) is 0 Å². The molecule has 3 heterocycles. The zero-order valence-electron chi connectivity index (χ0n) is 52.4. The van der Waals surface area contributed by atoms with Crippen molar-refractivity contribution >= 4 is 28.0 Å². The molecule has 4 aliphatic carbocycles. The number of ether oxygens (including phenoxy) is 1. The third-order valence-electron chi connectivity index (χ3n) is 21.2. The van der Waals surface area contributed by atoms with Gasteiger partial charge in [-0.2, -0.15) is 0 Å². The van der Waals surface area contributed by atoms with Gasteiger partial charge in [0, 0.05) is 86.0 Å². The number of hydrogen-bond donors (Lipinski definition) is 10. The third-order valence-corrected chi connectivity index (χ3v) is 21.2. The Kier molecular flexibility index (Phi) is 19.0. The van der Waals surface area contributed by atoms with E-state index in [4.69, 9.17) is 4.74 Å². The summed E-state index contributed by atoms with van der Waals surface area (Å²) in [7, 11) is 1.50. The number of carbonyl (C=O) groups excluding carboxylic acids is 2. The number of allylic oxidation sites excluding steroid dienone is 2. The largest absolute Gasteiger partial charge is 0.508 e. The van der Waals surface area contributed by atoms with Gasteiger partial charge in [-0.05, 0) is 197 Å². The van der Waals surface area contributed by atoms with Crippen molar-refractivity contribution in [2.24, 2.45) is 53.3 Å². The van der Waals surface area contributed by atoms with Crippen LogP contribution in [0.1, 0.15) is 141 Å². The molecule has 1 aromatic heterocycles. The van der Waals surface area contributed by atoms with Crippen LogP contribution in [0.2, 0.25) is 0 Å². The number of phenols is 3. The van der Waals surface area contributed by atoms with Crippen molar-refractivity contribution in [1.29, 1.82) is 0 Å². The van der Waals surface area contributed by atoms with Gasteiger partial charge >= 0.3 is 0 Å². The first-order valence-electron chi connectivity index (χ1n) is 33.0. The van der Waals surface area contributed by atoms with Crippen molar-refractivity contribution in [2.75, 3.05) is 32.1 Å². The molecule has 0 amide bonds. The molecule has 0 radical (unpaired) electrons. The number of carbonyl (C=O) groups is 2. The number of anilines is 1. The van der Waals surface area contributed by atoms with Gasteiger partial charge < -0.3 is 56.3 Å². The Morgan fingerprint density at radius 1 is 0.733 bits per heavy atom. The van der Waals surface area contributed by atoms with E-state index < -0.39 is 47.6 Å². The Labute approximate surface area is 529 Å². The van der Waals surface area contributed by atoms with E-state index in [0.717, 1.165) is 87.2 Å². The number of methoxy groups -OCH3 is 1. The number of Topliss-reactive ketones (excluding diaryl/α,β-unsaturated/α-hetero) is 2. The number of rotatable bonds is 5. The highest BCUT2D eigenvalue weighted by atomic mass is 16.5. The molecule has 13 nitrogen and oxygen atoms in total. The zero-order valence-corrected chi connectivity index (χ0v) is 52.4. The van der Waals surface area contributed by atoms with Crippen LogP contribution in [0, 0.1) is 76.9 Å². The van der Waals surface area contributed by atoms with Crippen molar-refractivity contribution in [3.05, 3.63) is 171 Å². The minimum atomic E-state index is -1.90. The smallest absolute Gasteiger partial charge is 0.173 e. The number of aliphatic hydroxyl groups is 3. The topological polar surface area (TPSA) is 217 Å².